The minimum Gasteiger partial charge on any atom is -0.355 e. The van der Waals surface area contributed by atoms with Crippen LogP contribution in [0.2, 0.25) is 0 Å². The van der Waals surface area contributed by atoms with Gasteiger partial charge in [-0.05, 0) is 19.1 Å². The number of carbonyl (C=O) groups excluding carboxylic acids is 1. The molecule has 0 aromatic heterocycles. The SMILES string of the molecule is CCNC(=O)CN1CCN(S(=O)(=O)c2cc(F)cc(F)c2)CC1. The molecule has 1 aromatic rings. The maximum atomic E-state index is 13.2. The average Bonchev–Trinajstić information content (AvgIpc) is 2.47. The van der Waals surface area contributed by atoms with Crippen molar-refractivity contribution < 1.29 is 22.0 Å². The summed E-state index contributed by atoms with van der Waals surface area (Å²) in [6, 6.07) is 2.24. The number of sulfonamides is 1. The highest BCUT2D eigenvalue weighted by Crippen LogP contribution is 2.19. The highest BCUT2D eigenvalue weighted by molar-refractivity contribution is 7.89. The van der Waals surface area contributed by atoms with Crippen LogP contribution >= 0.6 is 0 Å². The second-order valence-electron chi connectivity index (χ2n) is 5.24. The van der Waals surface area contributed by atoms with Crippen molar-refractivity contribution in [1.29, 1.82) is 0 Å². The van der Waals surface area contributed by atoms with Gasteiger partial charge in [-0.1, -0.05) is 0 Å². The summed E-state index contributed by atoms with van der Waals surface area (Å²) in [5.74, 6) is -1.98. The highest BCUT2D eigenvalue weighted by atomic mass is 32.2. The number of rotatable bonds is 5. The lowest BCUT2D eigenvalue weighted by atomic mass is 10.3. The van der Waals surface area contributed by atoms with Gasteiger partial charge in [-0.15, -0.1) is 0 Å². The molecule has 6 nitrogen and oxygen atoms in total. The molecule has 0 aliphatic carbocycles. The lowest BCUT2D eigenvalue weighted by molar-refractivity contribution is -0.122. The van der Waals surface area contributed by atoms with Crippen molar-refractivity contribution in [3.63, 3.8) is 0 Å². The Morgan fingerprint density at radius 2 is 1.70 bits per heavy atom. The molecule has 1 N–H and O–H groups in total. The zero-order valence-corrected chi connectivity index (χ0v) is 13.6. The molecule has 128 valence electrons. The molecule has 0 bridgehead atoms. The standard InChI is InChI=1S/C14H19F2N3O3S/c1-2-17-14(20)10-18-3-5-19(6-4-18)23(21,22)13-8-11(15)7-12(16)9-13/h7-9H,2-6,10H2,1H3,(H,17,20). The Bertz CT molecular complexity index is 654. The van der Waals surface area contributed by atoms with Gasteiger partial charge in [0, 0.05) is 38.8 Å². The van der Waals surface area contributed by atoms with Gasteiger partial charge < -0.3 is 5.32 Å². The van der Waals surface area contributed by atoms with E-state index in [9.17, 15) is 22.0 Å². The van der Waals surface area contributed by atoms with Gasteiger partial charge in [0.25, 0.3) is 0 Å². The number of nitrogens with zero attached hydrogens (tertiary/aromatic N) is 2. The Morgan fingerprint density at radius 3 is 2.22 bits per heavy atom. The first kappa shape index (κ1) is 17.8. The van der Waals surface area contributed by atoms with Crippen LogP contribution in [0, 0.1) is 11.6 Å². The van der Waals surface area contributed by atoms with Crippen molar-refractivity contribution in [1.82, 2.24) is 14.5 Å². The molecule has 1 amide bonds. The van der Waals surface area contributed by atoms with E-state index in [1.165, 1.54) is 4.31 Å². The van der Waals surface area contributed by atoms with E-state index in [-0.39, 0.29) is 25.5 Å². The minimum atomic E-state index is -3.94. The van der Waals surface area contributed by atoms with E-state index in [4.69, 9.17) is 0 Å². The first-order valence-corrected chi connectivity index (χ1v) is 8.72. The van der Waals surface area contributed by atoms with Gasteiger partial charge >= 0.3 is 0 Å². The number of hydrogen-bond donors (Lipinski definition) is 1. The summed E-state index contributed by atoms with van der Waals surface area (Å²) in [4.78, 5) is 13.0. The summed E-state index contributed by atoms with van der Waals surface area (Å²) >= 11 is 0. The number of nitrogens with one attached hydrogen (secondary N) is 1. The number of piperazine rings is 1. The third kappa shape index (κ3) is 4.46. The predicted octanol–water partition coefficient (Wildman–Crippen LogP) is 0.407. The number of carbonyl (C=O) groups is 1. The monoisotopic (exact) mass is 347 g/mol. The molecule has 0 unspecified atom stereocenters. The molecule has 1 fully saturated rings. The van der Waals surface area contributed by atoms with Crippen molar-refractivity contribution in [3.8, 4) is 0 Å². The summed E-state index contributed by atoms with van der Waals surface area (Å²) in [5.41, 5.74) is 0. The molecule has 1 heterocycles. The smallest absolute Gasteiger partial charge is 0.243 e. The van der Waals surface area contributed by atoms with E-state index in [2.05, 4.69) is 5.32 Å². The van der Waals surface area contributed by atoms with Gasteiger partial charge in [0.2, 0.25) is 15.9 Å². The van der Waals surface area contributed by atoms with E-state index in [0.717, 1.165) is 12.1 Å². The molecule has 1 aliphatic rings. The second kappa shape index (κ2) is 7.33. The van der Waals surface area contributed by atoms with E-state index in [1.807, 2.05) is 11.8 Å². The Kier molecular flexibility index (Phi) is 5.66. The predicted molar refractivity (Wildman–Crippen MR) is 80.2 cm³/mol. The minimum absolute atomic E-state index is 0.115. The first-order valence-electron chi connectivity index (χ1n) is 7.28. The molecule has 0 saturated carbocycles. The molecule has 1 saturated heterocycles. The molecule has 23 heavy (non-hydrogen) atoms. The van der Waals surface area contributed by atoms with Gasteiger partial charge in [0.05, 0.1) is 11.4 Å². The van der Waals surface area contributed by atoms with Crippen LogP contribution in [0.15, 0.2) is 23.1 Å². The highest BCUT2D eigenvalue weighted by Gasteiger charge is 2.29. The van der Waals surface area contributed by atoms with Gasteiger partial charge in [-0.25, -0.2) is 17.2 Å². The fourth-order valence-corrected chi connectivity index (χ4v) is 3.88. The van der Waals surface area contributed by atoms with E-state index < -0.39 is 26.6 Å². The number of hydrogen-bond acceptors (Lipinski definition) is 4. The van der Waals surface area contributed by atoms with Crippen LogP contribution in [0.4, 0.5) is 8.78 Å². The molecular weight excluding hydrogens is 328 g/mol. The number of amides is 1. The molecule has 1 aliphatic heterocycles. The zero-order valence-electron chi connectivity index (χ0n) is 12.8. The third-order valence-electron chi connectivity index (χ3n) is 3.55. The largest absolute Gasteiger partial charge is 0.355 e. The van der Waals surface area contributed by atoms with Crippen molar-refractivity contribution in [2.24, 2.45) is 0 Å². The topological polar surface area (TPSA) is 69.7 Å². The first-order chi connectivity index (χ1) is 10.8. The van der Waals surface area contributed by atoms with Crippen molar-refractivity contribution >= 4 is 15.9 Å². The van der Waals surface area contributed by atoms with Gasteiger partial charge in [-0.3, -0.25) is 9.69 Å². The maximum Gasteiger partial charge on any atom is 0.243 e. The quantitative estimate of drug-likeness (QED) is 0.838. The molecule has 0 spiro atoms. The van der Waals surface area contributed by atoms with E-state index in [1.54, 1.807) is 0 Å². The number of likely N-dealkylation sites (N-methyl/N-ethyl adjacent to an activating group) is 1. The van der Waals surface area contributed by atoms with Crippen LogP contribution in [-0.4, -0.2) is 62.8 Å². The van der Waals surface area contributed by atoms with Crippen molar-refractivity contribution in [2.75, 3.05) is 39.3 Å². The molecule has 0 atom stereocenters. The summed E-state index contributed by atoms with van der Waals surface area (Å²) < 4.78 is 52.5. The summed E-state index contributed by atoms with van der Waals surface area (Å²) in [5, 5.41) is 2.68. The summed E-state index contributed by atoms with van der Waals surface area (Å²) in [7, 11) is -3.94. The Hall–Kier alpha value is -1.58. The Balaban J connectivity index is 2.02. The third-order valence-corrected chi connectivity index (χ3v) is 5.42. The van der Waals surface area contributed by atoms with Crippen LogP contribution in [0.1, 0.15) is 6.92 Å². The Morgan fingerprint density at radius 1 is 1.13 bits per heavy atom. The van der Waals surface area contributed by atoms with Crippen LogP contribution < -0.4 is 5.32 Å². The van der Waals surface area contributed by atoms with Crippen LogP contribution in [0.5, 0.6) is 0 Å². The lowest BCUT2D eigenvalue weighted by Gasteiger charge is -2.33. The molecule has 0 radical (unpaired) electrons. The number of benzene rings is 1. The molecule has 9 heteroatoms. The van der Waals surface area contributed by atoms with Crippen LogP contribution in [-0.2, 0) is 14.8 Å². The van der Waals surface area contributed by atoms with Crippen LogP contribution in [0.25, 0.3) is 0 Å². The van der Waals surface area contributed by atoms with Gasteiger partial charge in [0.15, 0.2) is 0 Å². The zero-order chi connectivity index (χ0) is 17.0. The lowest BCUT2D eigenvalue weighted by Crippen LogP contribution is -2.51. The second-order valence-corrected chi connectivity index (χ2v) is 7.18. The fourth-order valence-electron chi connectivity index (χ4n) is 2.41. The Labute approximate surface area is 134 Å². The fraction of sp³-hybridized carbons (Fsp3) is 0.500. The molecule has 2 rings (SSSR count). The summed E-state index contributed by atoms with van der Waals surface area (Å²) in [6.45, 7) is 3.66. The van der Waals surface area contributed by atoms with E-state index >= 15 is 0 Å². The average molecular weight is 347 g/mol. The van der Waals surface area contributed by atoms with Crippen molar-refractivity contribution in [2.45, 2.75) is 11.8 Å². The molecule has 1 aromatic carbocycles. The van der Waals surface area contributed by atoms with Crippen molar-refractivity contribution in [3.05, 3.63) is 29.8 Å². The van der Waals surface area contributed by atoms with E-state index in [0.29, 0.717) is 25.7 Å². The summed E-state index contributed by atoms with van der Waals surface area (Å²) in [6.07, 6.45) is 0. The van der Waals surface area contributed by atoms with Crippen LogP contribution in [0.3, 0.4) is 0 Å². The van der Waals surface area contributed by atoms with Gasteiger partial charge in [0.1, 0.15) is 11.6 Å². The normalized spacial score (nSPS) is 17.2. The molecular formula is C14H19F2N3O3S. The number of halogens is 2. The van der Waals surface area contributed by atoms with Gasteiger partial charge in [-0.2, -0.15) is 4.31 Å². The maximum absolute atomic E-state index is 13.2.